The number of unbranched alkanes of at least 4 members (excludes halogenated alkanes) is 1. The van der Waals surface area contributed by atoms with Crippen molar-refractivity contribution >= 4 is 39.3 Å². The minimum absolute atomic E-state index is 0.0799. The molecular formula is C25H34BrN3O5. The Labute approximate surface area is 208 Å². The first kappa shape index (κ1) is 25.1. The van der Waals surface area contributed by atoms with Crippen molar-refractivity contribution in [2.45, 2.75) is 68.6 Å². The summed E-state index contributed by atoms with van der Waals surface area (Å²) in [6.45, 7) is 6.10. The maximum atomic E-state index is 14.0. The summed E-state index contributed by atoms with van der Waals surface area (Å²) >= 11 is 3.67. The van der Waals surface area contributed by atoms with E-state index in [-0.39, 0.29) is 35.1 Å². The number of likely N-dealkylation sites (tertiary alicyclic amines) is 1. The van der Waals surface area contributed by atoms with Gasteiger partial charge in [-0.15, -0.1) is 0 Å². The van der Waals surface area contributed by atoms with Crippen LogP contribution in [0.25, 0.3) is 0 Å². The lowest BCUT2D eigenvalue weighted by molar-refractivity contribution is -0.146. The number of carbonyl (C=O) groups excluding carboxylic acids is 3. The van der Waals surface area contributed by atoms with Crippen molar-refractivity contribution in [1.29, 1.82) is 0 Å². The Morgan fingerprint density at radius 3 is 2.59 bits per heavy atom. The molecule has 1 aromatic carbocycles. The van der Waals surface area contributed by atoms with Gasteiger partial charge in [-0.05, 0) is 30.9 Å². The normalized spacial score (nSPS) is 32.7. The first-order valence-electron chi connectivity index (χ1n) is 12.1. The fraction of sp³-hybridized carbons (Fsp3) is 0.640. The Bertz CT molecular complexity index is 928. The van der Waals surface area contributed by atoms with Crippen LogP contribution in [0.4, 0.5) is 5.69 Å². The van der Waals surface area contributed by atoms with E-state index >= 15 is 0 Å². The third-order valence-electron chi connectivity index (χ3n) is 7.46. The highest BCUT2D eigenvalue weighted by Crippen LogP contribution is 2.60. The highest BCUT2D eigenvalue weighted by molar-refractivity contribution is 9.09. The summed E-state index contributed by atoms with van der Waals surface area (Å²) < 4.78 is 6.47. The summed E-state index contributed by atoms with van der Waals surface area (Å²) in [6.07, 6.45) is 1.68. The molecule has 8 nitrogen and oxygen atoms in total. The zero-order chi connectivity index (χ0) is 24.6. The topological polar surface area (TPSA) is 108 Å². The molecule has 7 atom stereocenters. The molecule has 1 spiro atoms. The molecule has 4 rings (SSSR count). The second-order valence-electron chi connectivity index (χ2n) is 9.90. The number of benzene rings is 1. The van der Waals surface area contributed by atoms with Crippen LogP contribution in [-0.2, 0) is 19.1 Å². The molecule has 3 saturated heterocycles. The lowest BCUT2D eigenvalue weighted by atomic mass is 9.70. The average molecular weight is 536 g/mol. The predicted octanol–water partition coefficient (Wildman–Crippen LogP) is 2.31. The number of carbonyl (C=O) groups is 3. The summed E-state index contributed by atoms with van der Waals surface area (Å²) in [6, 6.07) is 7.65. The van der Waals surface area contributed by atoms with Gasteiger partial charge in [0.15, 0.2) is 0 Å². The average Bonchev–Trinajstić information content (AvgIpc) is 3.39. The van der Waals surface area contributed by atoms with E-state index in [1.54, 1.807) is 12.1 Å². The number of aliphatic hydroxyl groups is 1. The number of amides is 3. The molecule has 3 aliphatic rings. The Morgan fingerprint density at radius 2 is 1.97 bits per heavy atom. The van der Waals surface area contributed by atoms with Gasteiger partial charge < -0.3 is 25.4 Å². The molecule has 186 valence electrons. The zero-order valence-electron chi connectivity index (χ0n) is 19.9. The number of anilines is 1. The molecule has 9 heteroatoms. The highest BCUT2D eigenvalue weighted by Gasteiger charge is 2.77. The van der Waals surface area contributed by atoms with Crippen molar-refractivity contribution in [2.24, 2.45) is 17.8 Å². The van der Waals surface area contributed by atoms with Crippen molar-refractivity contribution in [3.63, 3.8) is 0 Å². The van der Waals surface area contributed by atoms with Crippen LogP contribution < -0.4 is 10.6 Å². The van der Waals surface area contributed by atoms with Gasteiger partial charge in [-0.1, -0.05) is 61.3 Å². The molecule has 3 unspecified atom stereocenters. The van der Waals surface area contributed by atoms with Crippen LogP contribution in [0.2, 0.25) is 0 Å². The van der Waals surface area contributed by atoms with Crippen molar-refractivity contribution < 1.29 is 24.2 Å². The molecule has 3 aliphatic heterocycles. The minimum atomic E-state index is -1.12. The number of aliphatic hydroxyl groups excluding tert-OH is 1. The van der Waals surface area contributed by atoms with Crippen molar-refractivity contribution in [3.05, 3.63) is 30.3 Å². The number of alkyl halides is 1. The van der Waals surface area contributed by atoms with Crippen molar-refractivity contribution in [2.75, 3.05) is 18.5 Å². The molecule has 3 N–H and O–H groups in total. The second-order valence-corrected chi connectivity index (χ2v) is 11.1. The molecule has 3 amide bonds. The molecule has 0 aliphatic carbocycles. The van der Waals surface area contributed by atoms with Gasteiger partial charge in [-0.2, -0.15) is 0 Å². The number of rotatable bonds is 9. The number of hydrogen-bond donors (Lipinski definition) is 3. The molecular weight excluding hydrogens is 502 g/mol. The van der Waals surface area contributed by atoms with Crippen LogP contribution in [0.3, 0.4) is 0 Å². The lowest BCUT2D eigenvalue weighted by Crippen LogP contribution is -2.59. The molecule has 0 aromatic heterocycles. The van der Waals surface area contributed by atoms with Gasteiger partial charge in [0.25, 0.3) is 0 Å². The molecule has 0 radical (unpaired) electrons. The molecule has 34 heavy (non-hydrogen) atoms. The molecule has 1 aromatic rings. The maximum absolute atomic E-state index is 14.0. The van der Waals surface area contributed by atoms with Gasteiger partial charge in [-0.3, -0.25) is 14.4 Å². The van der Waals surface area contributed by atoms with E-state index in [0.717, 1.165) is 12.8 Å². The van der Waals surface area contributed by atoms with Crippen LogP contribution in [0.1, 0.15) is 40.0 Å². The van der Waals surface area contributed by atoms with Crippen LogP contribution in [0.5, 0.6) is 0 Å². The van der Waals surface area contributed by atoms with E-state index in [1.807, 2.05) is 39.0 Å². The zero-order valence-corrected chi connectivity index (χ0v) is 21.5. The van der Waals surface area contributed by atoms with Gasteiger partial charge in [0.2, 0.25) is 17.7 Å². The van der Waals surface area contributed by atoms with E-state index in [4.69, 9.17) is 4.74 Å². The minimum Gasteiger partial charge on any atom is -0.394 e. The van der Waals surface area contributed by atoms with Gasteiger partial charge in [0, 0.05) is 17.1 Å². The van der Waals surface area contributed by atoms with Crippen LogP contribution in [0.15, 0.2) is 30.3 Å². The number of halogens is 1. The van der Waals surface area contributed by atoms with Gasteiger partial charge in [0.05, 0.1) is 30.6 Å². The summed E-state index contributed by atoms with van der Waals surface area (Å²) in [4.78, 5) is 42.3. The van der Waals surface area contributed by atoms with Crippen molar-refractivity contribution in [1.82, 2.24) is 10.2 Å². The number of nitrogens with one attached hydrogen (secondary N) is 2. The second kappa shape index (κ2) is 9.95. The standard InChI is InChI=1S/C25H34BrN3O5/c1-4-5-11-27-23(32)21-25-12-16(26)20(34-25)18(22(31)28-15-9-7-6-8-10-15)19(25)24(33)29(21)17(13-30)14(2)3/h6-10,14,16-21,30H,4-5,11-13H2,1-3H3,(H,27,32)(H,28,31)/t16?,17-,18-,19-,20-,21?,25?/m0/s1. The number of fused-ring (bicyclic) bond motifs is 1. The number of nitrogens with zero attached hydrogens (tertiary/aromatic N) is 1. The van der Waals surface area contributed by atoms with E-state index in [1.165, 1.54) is 4.90 Å². The largest absolute Gasteiger partial charge is 0.394 e. The van der Waals surface area contributed by atoms with E-state index in [9.17, 15) is 19.5 Å². The Balaban J connectivity index is 1.72. The monoisotopic (exact) mass is 535 g/mol. The Kier molecular flexibility index (Phi) is 7.36. The fourth-order valence-corrected chi connectivity index (χ4v) is 6.82. The van der Waals surface area contributed by atoms with E-state index in [0.29, 0.717) is 18.7 Å². The van der Waals surface area contributed by atoms with Gasteiger partial charge in [-0.25, -0.2) is 0 Å². The van der Waals surface area contributed by atoms with Gasteiger partial charge in [0.1, 0.15) is 11.6 Å². The number of ether oxygens (including phenoxy) is 1. The predicted molar refractivity (Wildman–Crippen MR) is 131 cm³/mol. The van der Waals surface area contributed by atoms with Crippen LogP contribution >= 0.6 is 15.9 Å². The Hall–Kier alpha value is -1.97. The third kappa shape index (κ3) is 4.05. The number of hydrogen-bond acceptors (Lipinski definition) is 5. The third-order valence-corrected chi connectivity index (χ3v) is 8.31. The first-order chi connectivity index (χ1) is 16.3. The lowest BCUT2D eigenvalue weighted by Gasteiger charge is -2.38. The number of para-hydroxylation sites is 1. The molecule has 2 bridgehead atoms. The fourth-order valence-electron chi connectivity index (χ4n) is 5.88. The summed E-state index contributed by atoms with van der Waals surface area (Å²) in [5, 5.41) is 16.1. The Morgan fingerprint density at radius 1 is 1.26 bits per heavy atom. The van der Waals surface area contributed by atoms with Crippen molar-refractivity contribution in [3.8, 4) is 0 Å². The quantitative estimate of drug-likeness (QED) is 0.332. The maximum Gasteiger partial charge on any atom is 0.245 e. The summed E-state index contributed by atoms with van der Waals surface area (Å²) in [5.74, 6) is -2.48. The van der Waals surface area contributed by atoms with Gasteiger partial charge >= 0.3 is 0 Å². The van der Waals surface area contributed by atoms with Crippen LogP contribution in [-0.4, -0.2) is 69.5 Å². The van der Waals surface area contributed by atoms with E-state index < -0.39 is 35.6 Å². The van der Waals surface area contributed by atoms with E-state index in [2.05, 4.69) is 26.6 Å². The summed E-state index contributed by atoms with van der Waals surface area (Å²) in [5.41, 5.74) is -0.477. The molecule has 0 saturated carbocycles. The first-order valence-corrected chi connectivity index (χ1v) is 13.1. The van der Waals surface area contributed by atoms with Crippen LogP contribution in [0, 0.1) is 17.8 Å². The SMILES string of the molecule is CCCCNC(=O)C1N([C@@H](CO)C(C)C)C(=O)[C@@H]2[C@H](C(=O)Nc3ccccc3)[C@H]3OC12CC3Br. The highest BCUT2D eigenvalue weighted by atomic mass is 79.9. The smallest absolute Gasteiger partial charge is 0.245 e. The molecule has 3 heterocycles. The molecule has 3 fully saturated rings. The summed E-state index contributed by atoms with van der Waals surface area (Å²) in [7, 11) is 0.